The molecule has 0 bridgehead atoms. The Kier molecular flexibility index (Phi) is 6.24. The van der Waals surface area contributed by atoms with Crippen LogP contribution in [0.3, 0.4) is 0 Å². The second-order valence-electron chi connectivity index (χ2n) is 6.24. The molecular formula is C22H15F4NO4. The van der Waals surface area contributed by atoms with E-state index < -0.39 is 46.1 Å². The van der Waals surface area contributed by atoms with E-state index in [0.717, 1.165) is 6.21 Å². The number of aliphatic imine (C=N–C) groups is 1. The monoisotopic (exact) mass is 433 g/mol. The molecule has 0 fully saturated rings. The zero-order valence-corrected chi connectivity index (χ0v) is 16.0. The molecule has 3 aromatic carbocycles. The molecule has 2 N–H and O–H groups in total. The molecule has 0 radical (unpaired) electrons. The van der Waals surface area contributed by atoms with Gasteiger partial charge in [-0.15, -0.1) is 0 Å². The lowest BCUT2D eigenvalue weighted by Crippen LogP contribution is -2.12. The van der Waals surface area contributed by atoms with Gasteiger partial charge in [-0.1, -0.05) is 30.3 Å². The first-order valence-corrected chi connectivity index (χ1v) is 8.94. The van der Waals surface area contributed by atoms with E-state index in [1.54, 1.807) is 30.3 Å². The van der Waals surface area contributed by atoms with Gasteiger partial charge in [0.25, 0.3) is 0 Å². The van der Waals surface area contributed by atoms with Crippen molar-refractivity contribution in [3.8, 4) is 5.75 Å². The Balaban J connectivity index is 2.15. The van der Waals surface area contributed by atoms with Crippen LogP contribution in [0.25, 0.3) is 16.5 Å². The number of carbonyl (C=O) groups is 1. The zero-order valence-electron chi connectivity index (χ0n) is 16.0. The fourth-order valence-electron chi connectivity index (χ4n) is 2.79. The molecule has 3 rings (SSSR count). The SMILES string of the molecule is CCOC(=O)C(C=Nc1ccc2ccccc2c1O)=C(O)c1cc(F)c(F)c(F)c1F. The number of aliphatic hydroxyl groups excluding tert-OH is 1. The lowest BCUT2D eigenvalue weighted by molar-refractivity contribution is -0.137. The molecule has 9 heteroatoms. The van der Waals surface area contributed by atoms with Crippen molar-refractivity contribution in [3.63, 3.8) is 0 Å². The number of hydrogen-bond acceptors (Lipinski definition) is 5. The largest absolute Gasteiger partial charge is 0.506 e. The number of carbonyl (C=O) groups excluding carboxylic acids is 1. The van der Waals surface area contributed by atoms with Gasteiger partial charge >= 0.3 is 5.97 Å². The maximum atomic E-state index is 14.1. The van der Waals surface area contributed by atoms with Crippen LogP contribution in [0.4, 0.5) is 23.2 Å². The first-order chi connectivity index (χ1) is 14.8. The molecule has 0 aromatic heterocycles. The maximum Gasteiger partial charge on any atom is 0.343 e. The number of rotatable bonds is 5. The number of aromatic hydroxyl groups is 1. The van der Waals surface area contributed by atoms with Crippen LogP contribution in [0, 0.1) is 23.3 Å². The van der Waals surface area contributed by atoms with E-state index >= 15 is 0 Å². The highest BCUT2D eigenvalue weighted by Gasteiger charge is 2.25. The van der Waals surface area contributed by atoms with Gasteiger partial charge in [-0.3, -0.25) is 4.99 Å². The van der Waals surface area contributed by atoms with Gasteiger partial charge in [0.1, 0.15) is 22.8 Å². The van der Waals surface area contributed by atoms with Crippen molar-refractivity contribution in [1.29, 1.82) is 0 Å². The van der Waals surface area contributed by atoms with Crippen LogP contribution >= 0.6 is 0 Å². The van der Waals surface area contributed by atoms with E-state index in [1.165, 1.54) is 13.0 Å². The van der Waals surface area contributed by atoms with Crippen LogP contribution in [0.15, 0.2) is 53.0 Å². The van der Waals surface area contributed by atoms with Gasteiger partial charge in [0.05, 0.1) is 12.2 Å². The fourth-order valence-corrected chi connectivity index (χ4v) is 2.79. The third kappa shape index (κ3) is 4.20. The summed E-state index contributed by atoms with van der Waals surface area (Å²) < 4.78 is 59.2. The van der Waals surface area contributed by atoms with Crippen LogP contribution in [-0.2, 0) is 9.53 Å². The summed E-state index contributed by atoms with van der Waals surface area (Å²) in [6, 6.07) is 10.1. The summed E-state index contributed by atoms with van der Waals surface area (Å²) in [7, 11) is 0. The Morgan fingerprint density at radius 2 is 1.77 bits per heavy atom. The minimum Gasteiger partial charge on any atom is -0.506 e. The Bertz CT molecular complexity index is 1240. The minimum absolute atomic E-state index is 0.00904. The highest BCUT2D eigenvalue weighted by molar-refractivity contribution is 6.15. The molecule has 0 spiro atoms. The number of phenols is 1. The van der Waals surface area contributed by atoms with Crippen molar-refractivity contribution in [3.05, 3.63) is 76.9 Å². The first-order valence-electron chi connectivity index (χ1n) is 8.94. The summed E-state index contributed by atoms with van der Waals surface area (Å²) in [6.07, 6.45) is 0.746. The first kappa shape index (κ1) is 21.8. The van der Waals surface area contributed by atoms with Gasteiger partial charge in [0.15, 0.2) is 23.3 Å². The number of ether oxygens (including phenoxy) is 1. The van der Waals surface area contributed by atoms with Gasteiger partial charge in [0.2, 0.25) is 0 Å². The molecule has 5 nitrogen and oxygen atoms in total. The molecule has 31 heavy (non-hydrogen) atoms. The van der Waals surface area contributed by atoms with Crippen molar-refractivity contribution in [1.82, 2.24) is 0 Å². The van der Waals surface area contributed by atoms with Crippen LogP contribution in [-0.4, -0.2) is 29.0 Å². The molecule has 0 saturated heterocycles. The van der Waals surface area contributed by atoms with Gasteiger partial charge in [-0.2, -0.15) is 0 Å². The Morgan fingerprint density at radius 3 is 2.48 bits per heavy atom. The van der Waals surface area contributed by atoms with Crippen LogP contribution < -0.4 is 0 Å². The van der Waals surface area contributed by atoms with Gasteiger partial charge in [-0.25, -0.2) is 22.4 Å². The van der Waals surface area contributed by atoms with E-state index in [-0.39, 0.29) is 24.1 Å². The number of benzene rings is 3. The molecule has 0 unspecified atom stereocenters. The third-order valence-corrected chi connectivity index (χ3v) is 4.32. The van der Waals surface area contributed by atoms with Crippen LogP contribution in [0.2, 0.25) is 0 Å². The number of phenolic OH excluding ortho intramolecular Hbond substituents is 1. The third-order valence-electron chi connectivity index (χ3n) is 4.32. The van der Waals surface area contributed by atoms with E-state index in [0.29, 0.717) is 10.8 Å². The summed E-state index contributed by atoms with van der Waals surface area (Å²) in [5, 5.41) is 21.9. The lowest BCUT2D eigenvalue weighted by atomic mass is 10.1. The number of hydrogen-bond donors (Lipinski definition) is 2. The summed E-state index contributed by atoms with van der Waals surface area (Å²) >= 11 is 0. The molecular weight excluding hydrogens is 418 g/mol. The zero-order chi connectivity index (χ0) is 22.7. The molecule has 0 aliphatic heterocycles. The Morgan fingerprint density at radius 1 is 1.06 bits per heavy atom. The van der Waals surface area contributed by atoms with E-state index in [2.05, 4.69) is 4.99 Å². The number of aliphatic hydroxyl groups is 1. The van der Waals surface area contributed by atoms with Crippen molar-refractivity contribution < 1.29 is 37.3 Å². The molecule has 0 heterocycles. The van der Waals surface area contributed by atoms with Gasteiger partial charge in [0, 0.05) is 11.6 Å². The molecule has 160 valence electrons. The van der Waals surface area contributed by atoms with E-state index in [4.69, 9.17) is 4.74 Å². The molecule has 0 aliphatic rings. The van der Waals surface area contributed by atoms with Crippen LogP contribution in [0.1, 0.15) is 12.5 Å². The summed E-state index contributed by atoms with van der Waals surface area (Å²) in [6.45, 7) is 1.32. The Labute approximate surface area is 173 Å². The summed E-state index contributed by atoms with van der Waals surface area (Å²) in [4.78, 5) is 16.2. The standard InChI is InChI=1S/C22H15F4NO4/c1-2-31-22(30)14(20(28)13-9-15(23)18(25)19(26)17(13)24)10-27-16-8-7-11-5-3-4-6-12(11)21(16)29/h3-10,28-29H,2H2,1H3. The van der Waals surface area contributed by atoms with Crippen molar-refractivity contribution in [2.24, 2.45) is 4.99 Å². The average molecular weight is 433 g/mol. The molecule has 3 aromatic rings. The summed E-state index contributed by atoms with van der Waals surface area (Å²) in [5.74, 6) is -10.5. The number of fused-ring (bicyclic) bond motifs is 1. The molecule has 0 atom stereocenters. The topological polar surface area (TPSA) is 79.1 Å². The lowest BCUT2D eigenvalue weighted by Gasteiger charge is -2.09. The number of halogens is 4. The smallest absolute Gasteiger partial charge is 0.343 e. The highest BCUT2D eigenvalue weighted by Crippen LogP contribution is 2.34. The average Bonchev–Trinajstić information content (AvgIpc) is 2.76. The minimum atomic E-state index is -2.16. The number of nitrogens with zero attached hydrogens (tertiary/aromatic N) is 1. The van der Waals surface area contributed by atoms with Crippen molar-refractivity contribution in [2.45, 2.75) is 6.92 Å². The predicted molar refractivity (Wildman–Crippen MR) is 106 cm³/mol. The van der Waals surface area contributed by atoms with Crippen molar-refractivity contribution >= 4 is 34.4 Å². The predicted octanol–water partition coefficient (Wildman–Crippen LogP) is 5.34. The van der Waals surface area contributed by atoms with Gasteiger partial charge in [-0.05, 0) is 24.4 Å². The van der Waals surface area contributed by atoms with Gasteiger partial charge < -0.3 is 14.9 Å². The second-order valence-corrected chi connectivity index (χ2v) is 6.24. The van der Waals surface area contributed by atoms with Crippen molar-refractivity contribution in [2.75, 3.05) is 6.61 Å². The van der Waals surface area contributed by atoms with Crippen LogP contribution in [0.5, 0.6) is 5.75 Å². The summed E-state index contributed by atoms with van der Waals surface area (Å²) in [5.41, 5.74) is -1.88. The van der Waals surface area contributed by atoms with E-state index in [9.17, 15) is 32.6 Å². The molecule has 0 amide bonds. The van der Waals surface area contributed by atoms with E-state index in [1.807, 2.05) is 0 Å². The normalized spacial score (nSPS) is 12.3. The highest BCUT2D eigenvalue weighted by atomic mass is 19.2. The molecule has 0 aliphatic carbocycles. The maximum absolute atomic E-state index is 14.1. The fraction of sp³-hybridized carbons (Fsp3) is 0.0909. The quantitative estimate of drug-likeness (QED) is 0.108. The molecule has 0 saturated carbocycles. The Hall–Kier alpha value is -3.88. The second kappa shape index (κ2) is 8.86. The number of esters is 1.